The molecule has 0 saturated carbocycles. The Balaban J connectivity index is 1.23. The summed E-state index contributed by atoms with van der Waals surface area (Å²) in [5.74, 6) is -0.723. The highest BCUT2D eigenvalue weighted by molar-refractivity contribution is 5.81. The third kappa shape index (κ3) is 11.3. The summed E-state index contributed by atoms with van der Waals surface area (Å²) in [5, 5.41) is 0. The molecule has 1 fully saturated rings. The van der Waals surface area contributed by atoms with E-state index >= 15 is 0 Å². The van der Waals surface area contributed by atoms with Crippen LogP contribution in [0.1, 0.15) is 72.4 Å². The van der Waals surface area contributed by atoms with Crippen LogP contribution in [0.2, 0.25) is 0 Å². The van der Waals surface area contributed by atoms with Crippen molar-refractivity contribution in [2.75, 3.05) is 24.7 Å². The van der Waals surface area contributed by atoms with Gasteiger partial charge < -0.3 is 19.1 Å². The van der Waals surface area contributed by atoms with Crippen LogP contribution in [0.4, 0.5) is 17.1 Å². The monoisotopic (exact) mass is 657 g/mol. The van der Waals surface area contributed by atoms with E-state index in [1.165, 1.54) is 40.0 Å². The van der Waals surface area contributed by atoms with Gasteiger partial charge in [-0.1, -0.05) is 73.8 Å². The van der Waals surface area contributed by atoms with Gasteiger partial charge in [0.05, 0.1) is 19.8 Å². The highest BCUT2D eigenvalue weighted by Crippen LogP contribution is 2.35. The van der Waals surface area contributed by atoms with Gasteiger partial charge in [-0.2, -0.15) is 0 Å². The Morgan fingerprint density at radius 3 is 1.37 bits per heavy atom. The fourth-order valence-corrected chi connectivity index (χ4v) is 5.84. The van der Waals surface area contributed by atoms with Gasteiger partial charge >= 0.3 is 11.9 Å². The van der Waals surface area contributed by atoms with Gasteiger partial charge in [0.25, 0.3) is 0 Å². The van der Waals surface area contributed by atoms with Crippen molar-refractivity contribution in [1.29, 1.82) is 0 Å². The van der Waals surface area contributed by atoms with E-state index in [1.807, 2.05) is 0 Å². The fraction of sp³-hybridized carbons (Fsp3) is 0.302. The van der Waals surface area contributed by atoms with Crippen molar-refractivity contribution in [3.63, 3.8) is 0 Å². The van der Waals surface area contributed by atoms with Gasteiger partial charge in [-0.25, -0.2) is 9.59 Å². The van der Waals surface area contributed by atoms with Crippen molar-refractivity contribution in [3.05, 3.63) is 150 Å². The molecule has 4 aromatic carbocycles. The minimum Gasteiger partial charge on any atom is -0.463 e. The molecule has 1 heterocycles. The predicted molar refractivity (Wildman–Crippen MR) is 196 cm³/mol. The second-order valence-electron chi connectivity index (χ2n) is 12.4. The topological polar surface area (TPSA) is 68.4 Å². The van der Waals surface area contributed by atoms with Crippen LogP contribution in [0, 0.1) is 0 Å². The zero-order valence-corrected chi connectivity index (χ0v) is 28.4. The molecular formula is C43H47NO5. The number of esters is 2. The van der Waals surface area contributed by atoms with Crippen molar-refractivity contribution in [2.45, 2.75) is 63.9 Å². The number of carbonyl (C=O) groups is 2. The van der Waals surface area contributed by atoms with E-state index in [0.717, 1.165) is 81.5 Å². The summed E-state index contributed by atoms with van der Waals surface area (Å²) < 4.78 is 15.6. The van der Waals surface area contributed by atoms with E-state index in [4.69, 9.17) is 14.2 Å². The molecule has 1 atom stereocenters. The third-order valence-corrected chi connectivity index (χ3v) is 8.72. The smallest absolute Gasteiger partial charge is 0.330 e. The Kier molecular flexibility index (Phi) is 13.4. The molecule has 1 saturated heterocycles. The van der Waals surface area contributed by atoms with E-state index in [0.29, 0.717) is 13.2 Å². The number of carbonyl (C=O) groups excluding carboxylic acids is 2. The van der Waals surface area contributed by atoms with E-state index in [9.17, 15) is 9.59 Å². The molecule has 0 aliphatic carbocycles. The van der Waals surface area contributed by atoms with Crippen LogP contribution in [-0.4, -0.2) is 31.8 Å². The quantitative estimate of drug-likeness (QED) is 0.0408. The number of rotatable bonds is 20. The number of aryl methyl sites for hydroxylation is 2. The van der Waals surface area contributed by atoms with Crippen molar-refractivity contribution in [2.24, 2.45) is 0 Å². The average molecular weight is 658 g/mol. The molecule has 0 amide bonds. The molecule has 6 heteroatoms. The van der Waals surface area contributed by atoms with Crippen molar-refractivity contribution < 1.29 is 23.8 Å². The van der Waals surface area contributed by atoms with E-state index < -0.39 is 0 Å². The number of hydrogen-bond donors (Lipinski definition) is 0. The Bertz CT molecular complexity index is 1560. The summed E-state index contributed by atoms with van der Waals surface area (Å²) in [5.41, 5.74) is 9.70. The van der Waals surface area contributed by atoms with Crippen LogP contribution < -0.4 is 4.90 Å². The number of benzene rings is 4. The van der Waals surface area contributed by atoms with Gasteiger partial charge in [-0.3, -0.25) is 0 Å². The SMILES string of the molecule is C=CC(=O)OCCCCCc1ccc(N(c2ccc(CCCCCOC(=O)C=C)cc2)c2ccc(Cc3ccc(C4CO4)cc3)cc2)cc1. The van der Waals surface area contributed by atoms with Crippen LogP contribution in [0.15, 0.2) is 122 Å². The van der Waals surface area contributed by atoms with Gasteiger partial charge in [0.15, 0.2) is 0 Å². The fourth-order valence-electron chi connectivity index (χ4n) is 5.84. The van der Waals surface area contributed by atoms with Crippen LogP contribution in [0.3, 0.4) is 0 Å². The normalized spacial score (nSPS) is 13.3. The molecule has 0 spiro atoms. The summed E-state index contributed by atoms with van der Waals surface area (Å²) in [6.45, 7) is 8.57. The molecule has 5 rings (SSSR count). The van der Waals surface area contributed by atoms with Gasteiger partial charge in [0.1, 0.15) is 6.10 Å². The first-order valence-corrected chi connectivity index (χ1v) is 17.4. The molecule has 0 radical (unpaired) electrons. The molecule has 0 aromatic heterocycles. The summed E-state index contributed by atoms with van der Waals surface area (Å²) >= 11 is 0. The molecule has 254 valence electrons. The van der Waals surface area contributed by atoms with Crippen LogP contribution >= 0.6 is 0 Å². The number of unbranched alkanes of at least 4 members (excludes halogenated alkanes) is 4. The Labute approximate surface area is 291 Å². The molecule has 1 aliphatic rings. The Hall–Kier alpha value is -4.94. The van der Waals surface area contributed by atoms with Crippen molar-refractivity contribution >= 4 is 29.0 Å². The molecule has 0 bridgehead atoms. The first-order valence-electron chi connectivity index (χ1n) is 17.4. The van der Waals surface area contributed by atoms with Gasteiger partial charge in [0.2, 0.25) is 0 Å². The molecule has 1 aliphatic heterocycles. The second kappa shape index (κ2) is 18.6. The van der Waals surface area contributed by atoms with E-state index in [-0.39, 0.29) is 18.0 Å². The van der Waals surface area contributed by atoms with Gasteiger partial charge in [-0.15, -0.1) is 0 Å². The lowest BCUT2D eigenvalue weighted by Crippen LogP contribution is -2.10. The Morgan fingerprint density at radius 1 is 0.592 bits per heavy atom. The summed E-state index contributed by atoms with van der Waals surface area (Å²) in [6, 6.07) is 35.3. The van der Waals surface area contributed by atoms with Crippen molar-refractivity contribution in [3.8, 4) is 0 Å². The van der Waals surface area contributed by atoms with E-state index in [2.05, 4.69) is 115 Å². The first-order chi connectivity index (χ1) is 24.0. The highest BCUT2D eigenvalue weighted by Gasteiger charge is 2.24. The Morgan fingerprint density at radius 2 is 0.980 bits per heavy atom. The number of anilines is 3. The zero-order chi connectivity index (χ0) is 34.3. The average Bonchev–Trinajstić information content (AvgIpc) is 3.99. The minimum atomic E-state index is -0.362. The maximum atomic E-state index is 11.2. The van der Waals surface area contributed by atoms with Crippen LogP contribution in [0.25, 0.3) is 0 Å². The zero-order valence-electron chi connectivity index (χ0n) is 28.4. The van der Waals surface area contributed by atoms with Crippen LogP contribution in [-0.2, 0) is 43.1 Å². The second-order valence-corrected chi connectivity index (χ2v) is 12.4. The third-order valence-electron chi connectivity index (χ3n) is 8.72. The van der Waals surface area contributed by atoms with Crippen molar-refractivity contribution in [1.82, 2.24) is 0 Å². The van der Waals surface area contributed by atoms with Gasteiger partial charge in [0, 0.05) is 29.2 Å². The summed E-state index contributed by atoms with van der Waals surface area (Å²) in [7, 11) is 0. The minimum absolute atomic E-state index is 0.281. The molecule has 1 unspecified atom stereocenters. The number of epoxide rings is 1. The summed E-state index contributed by atoms with van der Waals surface area (Å²) in [6.07, 6.45) is 11.3. The first kappa shape index (κ1) is 35.4. The lowest BCUT2D eigenvalue weighted by Gasteiger charge is -2.26. The largest absolute Gasteiger partial charge is 0.463 e. The van der Waals surface area contributed by atoms with E-state index in [1.54, 1.807) is 0 Å². The van der Waals surface area contributed by atoms with Crippen LogP contribution in [0.5, 0.6) is 0 Å². The number of hydrogen-bond acceptors (Lipinski definition) is 6. The maximum absolute atomic E-state index is 11.2. The maximum Gasteiger partial charge on any atom is 0.330 e. The molecule has 6 nitrogen and oxygen atoms in total. The standard InChI is InChI=1S/C43H47NO5/c1-3-42(45)47-29-9-5-7-11-33-15-23-38(24-16-33)44(39-25-17-34(18-26-39)12-8-6-10-30-48-43(46)4-2)40-27-19-36(20-28-40)31-35-13-21-37(22-14-35)41-32-49-41/h3-4,13-28,41H,1-2,5-12,29-32H2. The predicted octanol–water partition coefficient (Wildman–Crippen LogP) is 9.70. The molecule has 49 heavy (non-hydrogen) atoms. The molecule has 0 N–H and O–H groups in total. The highest BCUT2D eigenvalue weighted by atomic mass is 16.6. The number of nitrogens with zero attached hydrogens (tertiary/aromatic N) is 1. The molecule has 4 aromatic rings. The lowest BCUT2D eigenvalue weighted by atomic mass is 10.0. The lowest BCUT2D eigenvalue weighted by molar-refractivity contribution is -0.138. The van der Waals surface area contributed by atoms with Gasteiger partial charge in [-0.05, 0) is 122 Å². The summed E-state index contributed by atoms with van der Waals surface area (Å²) in [4.78, 5) is 24.8. The number of ether oxygens (including phenoxy) is 3. The molecular weight excluding hydrogens is 610 g/mol.